The van der Waals surface area contributed by atoms with Crippen LogP contribution in [0, 0.1) is 0 Å². The van der Waals surface area contributed by atoms with E-state index in [1.807, 2.05) is 13.8 Å². The summed E-state index contributed by atoms with van der Waals surface area (Å²) in [6.45, 7) is 7.95. The molecule has 0 rings (SSSR count). The first-order valence-electron chi connectivity index (χ1n) is 4.62. The highest BCUT2D eigenvalue weighted by Crippen LogP contribution is 2.07. The number of rotatable bonds is 6. The van der Waals surface area contributed by atoms with Crippen molar-refractivity contribution in [3.05, 3.63) is 23.8 Å². The Balaban J connectivity index is 3.73. The van der Waals surface area contributed by atoms with E-state index in [9.17, 15) is 4.79 Å². The lowest BCUT2D eigenvalue weighted by Gasteiger charge is -2.03. The third-order valence-corrected chi connectivity index (χ3v) is 1.75. The summed E-state index contributed by atoms with van der Waals surface area (Å²) in [5.74, 6) is -0.0136. The Bertz CT molecular complexity index is 227. The van der Waals surface area contributed by atoms with Crippen LogP contribution in [0.5, 0.6) is 0 Å². The summed E-state index contributed by atoms with van der Waals surface area (Å²) in [5.41, 5.74) is 1.75. The number of esters is 1. The second-order valence-electron chi connectivity index (χ2n) is 3.25. The van der Waals surface area contributed by atoms with Crippen molar-refractivity contribution in [1.29, 1.82) is 0 Å². The van der Waals surface area contributed by atoms with Gasteiger partial charge in [0.05, 0.1) is 5.88 Å². The fourth-order valence-corrected chi connectivity index (χ4v) is 0.948. The molecule has 0 amide bonds. The molecule has 0 spiro atoms. The summed E-state index contributed by atoms with van der Waals surface area (Å²) in [5, 5.41) is 0. The summed E-state index contributed by atoms with van der Waals surface area (Å²) in [6, 6.07) is 0. The third kappa shape index (κ3) is 6.72. The molecule has 0 aromatic heterocycles. The summed E-state index contributed by atoms with van der Waals surface area (Å²) in [6.07, 6.45) is 3.55. The lowest BCUT2D eigenvalue weighted by atomic mass is 10.1. The van der Waals surface area contributed by atoms with E-state index in [0.717, 1.165) is 6.42 Å². The first-order valence-corrected chi connectivity index (χ1v) is 5.15. The van der Waals surface area contributed by atoms with Crippen LogP contribution in [0.2, 0.25) is 0 Å². The lowest BCUT2D eigenvalue weighted by Crippen LogP contribution is -2.08. The van der Waals surface area contributed by atoms with Gasteiger partial charge in [-0.3, -0.25) is 0 Å². The normalized spacial score (nSPS) is 9.36. The molecule has 2 nitrogen and oxygen atoms in total. The third-order valence-electron chi connectivity index (χ3n) is 1.60. The standard InChI is InChI=1S/C11H17ClO2/c1-9(2)5-4-6-10(3)11(13)14-8-7-12/h5H,3-4,6-8H2,1-2H3. The van der Waals surface area contributed by atoms with Crippen molar-refractivity contribution in [3.8, 4) is 0 Å². The molecule has 0 N–H and O–H groups in total. The number of carbonyl (C=O) groups is 1. The van der Waals surface area contributed by atoms with E-state index in [1.165, 1.54) is 5.57 Å². The van der Waals surface area contributed by atoms with Gasteiger partial charge in [-0.05, 0) is 26.7 Å². The quantitative estimate of drug-likeness (QED) is 0.295. The first kappa shape index (κ1) is 13.2. The van der Waals surface area contributed by atoms with Gasteiger partial charge >= 0.3 is 5.97 Å². The van der Waals surface area contributed by atoms with Gasteiger partial charge in [0, 0.05) is 5.57 Å². The second-order valence-corrected chi connectivity index (χ2v) is 3.63. The molecule has 0 saturated heterocycles. The minimum Gasteiger partial charge on any atom is -0.461 e. The predicted molar refractivity (Wildman–Crippen MR) is 59.5 cm³/mol. The number of alkyl halides is 1. The highest BCUT2D eigenvalue weighted by molar-refractivity contribution is 6.18. The van der Waals surface area contributed by atoms with Crippen LogP contribution in [0.25, 0.3) is 0 Å². The molecule has 3 heteroatoms. The average molecular weight is 217 g/mol. The number of ether oxygens (including phenoxy) is 1. The van der Waals surface area contributed by atoms with Gasteiger partial charge in [-0.25, -0.2) is 4.79 Å². The molecule has 14 heavy (non-hydrogen) atoms. The summed E-state index contributed by atoms with van der Waals surface area (Å²) >= 11 is 5.38. The Hall–Kier alpha value is -0.760. The van der Waals surface area contributed by atoms with E-state index in [2.05, 4.69) is 12.7 Å². The molecule has 80 valence electrons. The zero-order chi connectivity index (χ0) is 11.0. The molecule has 0 atom stereocenters. The number of hydrogen-bond donors (Lipinski definition) is 0. The summed E-state index contributed by atoms with van der Waals surface area (Å²) in [7, 11) is 0. The Labute approximate surface area is 90.6 Å². The molecule has 0 aliphatic heterocycles. The van der Waals surface area contributed by atoms with Crippen molar-refractivity contribution in [1.82, 2.24) is 0 Å². The van der Waals surface area contributed by atoms with Crippen molar-refractivity contribution >= 4 is 17.6 Å². The van der Waals surface area contributed by atoms with Gasteiger partial charge in [0.2, 0.25) is 0 Å². The maximum Gasteiger partial charge on any atom is 0.333 e. The van der Waals surface area contributed by atoms with Crippen molar-refractivity contribution < 1.29 is 9.53 Å². The monoisotopic (exact) mass is 216 g/mol. The molecular weight excluding hydrogens is 200 g/mol. The van der Waals surface area contributed by atoms with Crippen LogP contribution in [-0.2, 0) is 9.53 Å². The zero-order valence-corrected chi connectivity index (χ0v) is 9.56. The second kappa shape index (κ2) is 7.63. The van der Waals surface area contributed by atoms with Crippen LogP contribution in [-0.4, -0.2) is 18.5 Å². The highest BCUT2D eigenvalue weighted by atomic mass is 35.5. The molecule has 0 fully saturated rings. The van der Waals surface area contributed by atoms with Crippen LogP contribution in [0.3, 0.4) is 0 Å². The van der Waals surface area contributed by atoms with E-state index < -0.39 is 0 Å². The van der Waals surface area contributed by atoms with Gasteiger partial charge in [-0.1, -0.05) is 18.2 Å². The van der Waals surface area contributed by atoms with Crippen LogP contribution in [0.15, 0.2) is 23.8 Å². The van der Waals surface area contributed by atoms with Gasteiger partial charge in [-0.2, -0.15) is 0 Å². The number of allylic oxidation sites excluding steroid dienone is 2. The maximum atomic E-state index is 11.2. The Morgan fingerprint density at radius 1 is 1.50 bits per heavy atom. The Morgan fingerprint density at radius 3 is 2.64 bits per heavy atom. The van der Waals surface area contributed by atoms with Crippen LogP contribution in [0.1, 0.15) is 26.7 Å². The van der Waals surface area contributed by atoms with E-state index in [1.54, 1.807) is 0 Å². The van der Waals surface area contributed by atoms with Gasteiger partial charge in [-0.15, -0.1) is 11.6 Å². The smallest absolute Gasteiger partial charge is 0.333 e. The number of halogens is 1. The molecule has 0 bridgehead atoms. The molecule has 0 unspecified atom stereocenters. The van der Waals surface area contributed by atoms with E-state index in [4.69, 9.17) is 16.3 Å². The molecule has 0 aliphatic carbocycles. The van der Waals surface area contributed by atoms with Crippen LogP contribution >= 0.6 is 11.6 Å². The number of carbonyl (C=O) groups excluding carboxylic acids is 1. The lowest BCUT2D eigenvalue weighted by molar-refractivity contribution is -0.138. The Morgan fingerprint density at radius 2 is 2.14 bits per heavy atom. The molecule has 0 heterocycles. The molecule has 0 saturated carbocycles. The molecule has 0 aromatic rings. The SMILES string of the molecule is C=C(CCC=C(C)C)C(=O)OCCCl. The van der Waals surface area contributed by atoms with Crippen molar-refractivity contribution in [2.75, 3.05) is 12.5 Å². The van der Waals surface area contributed by atoms with Gasteiger partial charge in [0.1, 0.15) is 6.61 Å². The highest BCUT2D eigenvalue weighted by Gasteiger charge is 2.06. The molecule has 0 radical (unpaired) electrons. The van der Waals surface area contributed by atoms with Crippen LogP contribution in [0.4, 0.5) is 0 Å². The topological polar surface area (TPSA) is 26.3 Å². The minimum atomic E-state index is -0.340. The summed E-state index contributed by atoms with van der Waals surface area (Å²) in [4.78, 5) is 11.2. The van der Waals surface area contributed by atoms with Gasteiger partial charge in [0.25, 0.3) is 0 Å². The van der Waals surface area contributed by atoms with E-state index in [-0.39, 0.29) is 12.6 Å². The fourth-order valence-electron chi connectivity index (χ4n) is 0.870. The predicted octanol–water partition coefficient (Wildman–Crippen LogP) is 3.07. The largest absolute Gasteiger partial charge is 0.461 e. The zero-order valence-electron chi connectivity index (χ0n) is 8.81. The molecular formula is C11H17ClO2. The average Bonchev–Trinajstić information content (AvgIpc) is 2.13. The molecule has 0 aliphatic rings. The van der Waals surface area contributed by atoms with Gasteiger partial charge < -0.3 is 4.74 Å². The number of hydrogen-bond acceptors (Lipinski definition) is 2. The fraction of sp³-hybridized carbons (Fsp3) is 0.545. The van der Waals surface area contributed by atoms with Crippen molar-refractivity contribution in [3.63, 3.8) is 0 Å². The first-order chi connectivity index (χ1) is 6.57. The van der Waals surface area contributed by atoms with Crippen molar-refractivity contribution in [2.45, 2.75) is 26.7 Å². The molecule has 0 aromatic carbocycles. The maximum absolute atomic E-state index is 11.2. The van der Waals surface area contributed by atoms with E-state index in [0.29, 0.717) is 17.9 Å². The Kier molecular flexibility index (Phi) is 7.21. The minimum absolute atomic E-state index is 0.252. The van der Waals surface area contributed by atoms with Crippen LogP contribution < -0.4 is 0 Å². The van der Waals surface area contributed by atoms with Gasteiger partial charge in [0.15, 0.2) is 0 Å². The van der Waals surface area contributed by atoms with E-state index >= 15 is 0 Å². The summed E-state index contributed by atoms with van der Waals surface area (Å²) < 4.78 is 4.82. The van der Waals surface area contributed by atoms with Crippen molar-refractivity contribution in [2.24, 2.45) is 0 Å².